The Morgan fingerprint density at radius 1 is 1.52 bits per heavy atom. The number of aldehydes is 1. The fourth-order valence-corrected chi connectivity index (χ4v) is 2.62. The van der Waals surface area contributed by atoms with E-state index in [9.17, 15) is 10.1 Å². The van der Waals surface area contributed by atoms with Crippen molar-refractivity contribution in [2.45, 2.75) is 20.8 Å². The maximum atomic E-state index is 11.2. The van der Waals surface area contributed by atoms with Crippen molar-refractivity contribution in [3.8, 4) is 6.07 Å². The molecule has 0 aliphatic heterocycles. The third-order valence-electron chi connectivity index (χ3n) is 4.11. The van der Waals surface area contributed by atoms with Crippen molar-refractivity contribution >= 4 is 23.8 Å². The summed E-state index contributed by atoms with van der Waals surface area (Å²) in [5.74, 6) is 2.14. The maximum absolute atomic E-state index is 11.2. The number of carbonyl (C=O) groups excluding carboxylic acids is 1. The molecule has 142 valence electrons. The minimum Gasteiger partial charge on any atom is -0.371 e. The lowest BCUT2D eigenvalue weighted by Gasteiger charge is -2.24. The summed E-state index contributed by atoms with van der Waals surface area (Å²) < 4.78 is 1.58. The lowest BCUT2D eigenvalue weighted by atomic mass is 10.2. The molecule has 0 fully saturated rings. The zero-order valence-electron chi connectivity index (χ0n) is 16.2. The van der Waals surface area contributed by atoms with Gasteiger partial charge in [-0.3, -0.25) is 9.48 Å². The van der Waals surface area contributed by atoms with E-state index >= 15 is 0 Å². The molecule has 0 aliphatic carbocycles. The topological polar surface area (TPSA) is 99.2 Å². The quantitative estimate of drug-likeness (QED) is 0.437. The Hall–Kier alpha value is -3.21. The van der Waals surface area contributed by atoms with Crippen LogP contribution in [0.15, 0.2) is 29.5 Å². The van der Waals surface area contributed by atoms with Crippen molar-refractivity contribution in [3.05, 3.63) is 35.7 Å². The molecule has 0 radical (unpaired) electrons. The minimum atomic E-state index is 0.152. The van der Waals surface area contributed by atoms with E-state index in [4.69, 9.17) is 0 Å². The summed E-state index contributed by atoms with van der Waals surface area (Å²) in [7, 11) is 1.76. The van der Waals surface area contributed by atoms with Crippen LogP contribution in [0.3, 0.4) is 0 Å². The lowest BCUT2D eigenvalue weighted by Crippen LogP contribution is -2.37. The van der Waals surface area contributed by atoms with Crippen LogP contribution >= 0.6 is 0 Å². The molecule has 0 aromatic carbocycles. The number of likely N-dealkylation sites (N-methyl/N-ethyl adjacent to an activating group) is 1. The summed E-state index contributed by atoms with van der Waals surface area (Å²) in [5.41, 5.74) is 1.02. The first-order chi connectivity index (χ1) is 13.0. The Bertz CT molecular complexity index is 848. The van der Waals surface area contributed by atoms with Crippen LogP contribution in [0.5, 0.6) is 0 Å². The van der Waals surface area contributed by atoms with Crippen molar-refractivity contribution < 1.29 is 4.79 Å². The SMILES string of the molecule is CCN(CCN/C(=N/c1c(C=O)cnn1C)C(C)C)c1ncccc1C#N. The smallest absolute Gasteiger partial charge is 0.162 e. The Kier molecular flexibility index (Phi) is 7.06. The van der Waals surface area contributed by atoms with Gasteiger partial charge in [0.2, 0.25) is 0 Å². The summed E-state index contributed by atoms with van der Waals surface area (Å²) in [5, 5.41) is 16.7. The monoisotopic (exact) mass is 367 g/mol. The summed E-state index contributed by atoms with van der Waals surface area (Å²) in [6.07, 6.45) is 3.96. The largest absolute Gasteiger partial charge is 0.371 e. The van der Waals surface area contributed by atoms with E-state index in [0.29, 0.717) is 35.9 Å². The van der Waals surface area contributed by atoms with Crippen molar-refractivity contribution in [2.75, 3.05) is 24.5 Å². The average Bonchev–Trinajstić information content (AvgIpc) is 3.03. The highest BCUT2D eigenvalue weighted by Crippen LogP contribution is 2.17. The van der Waals surface area contributed by atoms with Crippen molar-refractivity contribution in [1.82, 2.24) is 20.1 Å². The van der Waals surface area contributed by atoms with Gasteiger partial charge in [-0.15, -0.1) is 0 Å². The zero-order chi connectivity index (χ0) is 19.8. The number of pyridine rings is 1. The van der Waals surface area contributed by atoms with Gasteiger partial charge in [-0.05, 0) is 19.1 Å². The van der Waals surface area contributed by atoms with Gasteiger partial charge in [0.05, 0.1) is 17.3 Å². The third kappa shape index (κ3) is 4.91. The Morgan fingerprint density at radius 3 is 2.93 bits per heavy atom. The minimum absolute atomic E-state index is 0.152. The molecular weight excluding hydrogens is 342 g/mol. The summed E-state index contributed by atoms with van der Waals surface area (Å²) in [6.45, 7) is 8.12. The van der Waals surface area contributed by atoms with E-state index in [0.717, 1.165) is 18.7 Å². The summed E-state index contributed by atoms with van der Waals surface area (Å²) >= 11 is 0. The first-order valence-corrected chi connectivity index (χ1v) is 8.91. The van der Waals surface area contributed by atoms with Gasteiger partial charge in [0.15, 0.2) is 12.1 Å². The predicted octanol–water partition coefficient (Wildman–Crippen LogP) is 2.30. The van der Waals surface area contributed by atoms with E-state index < -0.39 is 0 Å². The molecule has 8 nitrogen and oxygen atoms in total. The van der Waals surface area contributed by atoms with E-state index in [1.807, 2.05) is 25.7 Å². The molecule has 0 amide bonds. The second kappa shape index (κ2) is 9.48. The van der Waals surface area contributed by atoms with Gasteiger partial charge in [-0.2, -0.15) is 10.4 Å². The number of hydrogen-bond acceptors (Lipinski definition) is 6. The maximum Gasteiger partial charge on any atom is 0.162 e. The van der Waals surface area contributed by atoms with Gasteiger partial charge in [0.1, 0.15) is 17.7 Å². The standard InChI is InChI=1S/C19H25N7O/c1-5-26(18-15(11-20)7-6-8-22-18)10-9-21-17(14(2)3)24-19-16(13-27)12-23-25(19)4/h6-8,12-14H,5,9-10H2,1-4H3,(H,21,24). The Balaban J connectivity index is 2.12. The molecule has 2 aromatic rings. The third-order valence-corrected chi connectivity index (χ3v) is 4.11. The number of nitrogens with one attached hydrogen (secondary N) is 1. The molecule has 0 saturated carbocycles. The van der Waals surface area contributed by atoms with Crippen LogP contribution in [0.4, 0.5) is 11.6 Å². The van der Waals surface area contributed by atoms with Crippen molar-refractivity contribution in [1.29, 1.82) is 5.26 Å². The fraction of sp³-hybridized carbons (Fsp3) is 0.421. The van der Waals surface area contributed by atoms with Crippen molar-refractivity contribution in [2.24, 2.45) is 18.0 Å². The molecule has 27 heavy (non-hydrogen) atoms. The predicted molar refractivity (Wildman–Crippen MR) is 105 cm³/mol. The van der Waals surface area contributed by atoms with Crippen LogP contribution in [0, 0.1) is 17.2 Å². The number of nitrogens with zero attached hydrogens (tertiary/aromatic N) is 6. The fourth-order valence-electron chi connectivity index (χ4n) is 2.62. The van der Waals surface area contributed by atoms with E-state index in [-0.39, 0.29) is 5.92 Å². The summed E-state index contributed by atoms with van der Waals surface area (Å²) in [6, 6.07) is 5.71. The molecule has 1 N–H and O–H groups in total. The second-order valence-electron chi connectivity index (χ2n) is 6.31. The highest BCUT2D eigenvalue weighted by molar-refractivity contribution is 5.89. The normalized spacial score (nSPS) is 11.3. The molecule has 2 aromatic heterocycles. The molecule has 0 bridgehead atoms. The van der Waals surface area contributed by atoms with E-state index in [1.54, 1.807) is 30.1 Å². The number of aryl methyl sites for hydroxylation is 1. The highest BCUT2D eigenvalue weighted by Gasteiger charge is 2.13. The van der Waals surface area contributed by atoms with Crippen molar-refractivity contribution in [3.63, 3.8) is 0 Å². The van der Waals surface area contributed by atoms with Crippen LogP contribution in [0.2, 0.25) is 0 Å². The molecular formula is C19H25N7O. The number of amidine groups is 1. The number of anilines is 1. The van der Waals surface area contributed by atoms with Gasteiger partial charge < -0.3 is 10.2 Å². The number of aliphatic imine (C=N–C) groups is 1. The Labute approximate surface area is 159 Å². The Morgan fingerprint density at radius 2 is 2.30 bits per heavy atom. The zero-order valence-corrected chi connectivity index (χ0v) is 16.2. The molecule has 8 heteroatoms. The van der Waals surface area contributed by atoms with Gasteiger partial charge in [-0.1, -0.05) is 13.8 Å². The van der Waals surface area contributed by atoms with Crippen LogP contribution < -0.4 is 10.2 Å². The van der Waals surface area contributed by atoms with Gasteiger partial charge in [0, 0.05) is 38.8 Å². The van der Waals surface area contributed by atoms with Gasteiger partial charge in [0.25, 0.3) is 0 Å². The first-order valence-electron chi connectivity index (χ1n) is 8.91. The number of nitriles is 1. The molecule has 0 atom stereocenters. The number of hydrogen-bond donors (Lipinski definition) is 1. The van der Waals surface area contributed by atoms with Crippen LogP contribution in [0.1, 0.15) is 36.7 Å². The van der Waals surface area contributed by atoms with Crippen LogP contribution in [-0.2, 0) is 7.05 Å². The second-order valence-corrected chi connectivity index (χ2v) is 6.31. The number of rotatable bonds is 8. The summed E-state index contributed by atoms with van der Waals surface area (Å²) in [4.78, 5) is 22.2. The van der Waals surface area contributed by atoms with E-state index in [1.165, 1.54) is 6.20 Å². The first kappa shape index (κ1) is 20.1. The molecule has 0 spiro atoms. The van der Waals surface area contributed by atoms with Gasteiger partial charge in [-0.25, -0.2) is 9.98 Å². The molecule has 0 saturated heterocycles. The van der Waals surface area contributed by atoms with E-state index in [2.05, 4.69) is 26.5 Å². The average molecular weight is 367 g/mol. The highest BCUT2D eigenvalue weighted by atomic mass is 16.1. The molecule has 2 heterocycles. The molecule has 2 rings (SSSR count). The van der Waals surface area contributed by atoms with Gasteiger partial charge >= 0.3 is 0 Å². The number of aromatic nitrogens is 3. The molecule has 0 aliphatic rings. The molecule has 0 unspecified atom stereocenters. The number of carbonyl (C=O) groups is 1. The van der Waals surface area contributed by atoms with Crippen LogP contribution in [-0.4, -0.2) is 46.5 Å². The van der Waals surface area contributed by atoms with Crippen LogP contribution in [0.25, 0.3) is 0 Å². The lowest BCUT2D eigenvalue weighted by molar-refractivity contribution is 0.112.